The molecule has 1 N–H and O–H groups in total. The molecule has 0 aromatic carbocycles. The first-order chi connectivity index (χ1) is 7.24. The SMILES string of the molecule is O=S(=O)(NCC12C=CC(CC1)C2)C(F)(F)F. The molecule has 1 saturated carbocycles. The molecule has 2 rings (SSSR count). The Bertz CT molecular complexity index is 415. The van der Waals surface area contributed by atoms with E-state index in [4.69, 9.17) is 0 Å². The van der Waals surface area contributed by atoms with E-state index in [1.54, 1.807) is 4.72 Å². The molecule has 0 aliphatic heterocycles. The number of rotatable bonds is 3. The molecule has 0 heterocycles. The van der Waals surface area contributed by atoms with Crippen molar-refractivity contribution >= 4 is 10.0 Å². The Hall–Kier alpha value is -0.560. The molecule has 0 aromatic rings. The van der Waals surface area contributed by atoms with E-state index in [9.17, 15) is 21.6 Å². The molecule has 1 fully saturated rings. The Morgan fingerprint density at radius 1 is 1.44 bits per heavy atom. The van der Waals surface area contributed by atoms with Crippen LogP contribution in [0.3, 0.4) is 0 Å². The van der Waals surface area contributed by atoms with Crippen molar-refractivity contribution in [1.29, 1.82) is 0 Å². The highest BCUT2D eigenvalue weighted by atomic mass is 32.2. The summed E-state index contributed by atoms with van der Waals surface area (Å²) in [5, 5.41) is 0. The van der Waals surface area contributed by atoms with Gasteiger partial charge in [0, 0.05) is 12.0 Å². The minimum atomic E-state index is -5.22. The standard InChI is InChI=1S/C9H12F3NO2S/c10-9(11,12)16(14,15)13-6-8-3-1-7(5-8)2-4-8/h1,3,7,13H,2,4-6H2. The molecule has 92 valence electrons. The number of sulfonamides is 1. The van der Waals surface area contributed by atoms with Gasteiger partial charge in [0.15, 0.2) is 0 Å². The lowest BCUT2D eigenvalue weighted by atomic mass is 9.88. The average Bonchev–Trinajstić information content (AvgIpc) is 2.73. The average molecular weight is 255 g/mol. The zero-order valence-corrected chi connectivity index (χ0v) is 9.24. The van der Waals surface area contributed by atoms with Gasteiger partial charge in [-0.25, -0.2) is 13.1 Å². The van der Waals surface area contributed by atoms with E-state index < -0.39 is 15.5 Å². The van der Waals surface area contributed by atoms with Crippen LogP contribution in [0.2, 0.25) is 0 Å². The summed E-state index contributed by atoms with van der Waals surface area (Å²) < 4.78 is 59.5. The van der Waals surface area contributed by atoms with Gasteiger partial charge in [0.2, 0.25) is 0 Å². The highest BCUT2D eigenvalue weighted by Crippen LogP contribution is 2.48. The summed E-state index contributed by atoms with van der Waals surface area (Å²) in [7, 11) is -5.20. The number of hydrogen-bond acceptors (Lipinski definition) is 2. The fraction of sp³-hybridized carbons (Fsp3) is 0.778. The summed E-state index contributed by atoms with van der Waals surface area (Å²) in [5.41, 5.74) is -5.60. The van der Waals surface area contributed by atoms with E-state index in [1.807, 2.05) is 12.2 Å². The Morgan fingerprint density at radius 3 is 2.50 bits per heavy atom. The van der Waals surface area contributed by atoms with Crippen LogP contribution in [-0.4, -0.2) is 20.5 Å². The van der Waals surface area contributed by atoms with Crippen molar-refractivity contribution in [3.8, 4) is 0 Å². The van der Waals surface area contributed by atoms with Crippen molar-refractivity contribution < 1.29 is 21.6 Å². The van der Waals surface area contributed by atoms with Crippen molar-refractivity contribution in [3.63, 3.8) is 0 Å². The predicted molar refractivity (Wildman–Crippen MR) is 51.9 cm³/mol. The second-order valence-corrected chi connectivity index (χ2v) is 6.25. The van der Waals surface area contributed by atoms with Crippen LogP contribution in [0.5, 0.6) is 0 Å². The maximum atomic E-state index is 12.1. The van der Waals surface area contributed by atoms with Gasteiger partial charge in [-0.2, -0.15) is 13.2 Å². The summed E-state index contributed by atoms with van der Waals surface area (Å²) in [6, 6.07) is 0. The first kappa shape index (κ1) is 11.9. The van der Waals surface area contributed by atoms with Crippen molar-refractivity contribution in [2.45, 2.75) is 24.8 Å². The topological polar surface area (TPSA) is 46.2 Å². The molecular weight excluding hydrogens is 243 g/mol. The molecule has 7 heteroatoms. The van der Waals surface area contributed by atoms with Gasteiger partial charge < -0.3 is 0 Å². The summed E-state index contributed by atoms with van der Waals surface area (Å²) in [6.07, 6.45) is 6.26. The molecule has 0 aromatic heterocycles. The van der Waals surface area contributed by atoms with Crippen LogP contribution in [0.25, 0.3) is 0 Å². The van der Waals surface area contributed by atoms with Crippen molar-refractivity contribution in [2.75, 3.05) is 6.54 Å². The van der Waals surface area contributed by atoms with Crippen LogP contribution < -0.4 is 4.72 Å². The van der Waals surface area contributed by atoms with Crippen LogP contribution in [0.4, 0.5) is 13.2 Å². The fourth-order valence-electron chi connectivity index (χ4n) is 2.40. The molecule has 2 unspecified atom stereocenters. The molecule has 0 spiro atoms. The summed E-state index contributed by atoms with van der Waals surface area (Å²) in [5.74, 6) is 0.412. The quantitative estimate of drug-likeness (QED) is 0.781. The lowest BCUT2D eigenvalue weighted by molar-refractivity contribution is -0.0449. The fourth-order valence-corrected chi connectivity index (χ4v) is 3.04. The van der Waals surface area contributed by atoms with Crippen molar-refractivity contribution in [1.82, 2.24) is 4.72 Å². The van der Waals surface area contributed by atoms with Crippen molar-refractivity contribution in [2.24, 2.45) is 11.3 Å². The maximum absolute atomic E-state index is 12.1. The normalized spacial score (nSPS) is 33.6. The lowest BCUT2D eigenvalue weighted by Gasteiger charge is -2.23. The molecular formula is C9H12F3NO2S. The van der Waals surface area contributed by atoms with E-state index >= 15 is 0 Å². The summed E-state index contributed by atoms with van der Waals surface area (Å²) in [6.45, 7) is -0.151. The molecule has 2 atom stereocenters. The zero-order valence-electron chi connectivity index (χ0n) is 8.42. The van der Waals surface area contributed by atoms with Gasteiger partial charge in [-0.1, -0.05) is 12.2 Å². The van der Waals surface area contributed by atoms with E-state index in [-0.39, 0.29) is 12.0 Å². The smallest absolute Gasteiger partial charge is 0.207 e. The van der Waals surface area contributed by atoms with Crippen molar-refractivity contribution in [3.05, 3.63) is 12.2 Å². The number of alkyl halides is 3. The van der Waals surface area contributed by atoms with Gasteiger partial charge in [-0.05, 0) is 25.2 Å². The second-order valence-electron chi connectivity index (χ2n) is 4.49. The van der Waals surface area contributed by atoms with Gasteiger partial charge in [-0.3, -0.25) is 0 Å². The lowest BCUT2D eigenvalue weighted by Crippen LogP contribution is -2.41. The Kier molecular flexibility index (Phi) is 2.58. The second kappa shape index (κ2) is 3.46. The summed E-state index contributed by atoms with van der Waals surface area (Å²) >= 11 is 0. The van der Waals surface area contributed by atoms with Gasteiger partial charge in [-0.15, -0.1) is 0 Å². The minimum absolute atomic E-state index is 0.151. The largest absolute Gasteiger partial charge is 0.511 e. The number of halogens is 3. The van der Waals surface area contributed by atoms with Crippen LogP contribution in [0.15, 0.2) is 12.2 Å². The molecule has 0 radical (unpaired) electrons. The Labute approximate surface area is 91.8 Å². The molecule has 0 amide bonds. The third-order valence-corrected chi connectivity index (χ3v) is 4.46. The van der Waals surface area contributed by atoms with Gasteiger partial charge >= 0.3 is 15.5 Å². The summed E-state index contributed by atoms with van der Waals surface area (Å²) in [4.78, 5) is 0. The number of nitrogens with one attached hydrogen (secondary N) is 1. The highest BCUT2D eigenvalue weighted by Gasteiger charge is 2.48. The molecule has 2 bridgehead atoms. The van der Waals surface area contributed by atoms with Gasteiger partial charge in [0.05, 0.1) is 0 Å². The van der Waals surface area contributed by atoms with E-state index in [2.05, 4.69) is 0 Å². The number of hydrogen-bond donors (Lipinski definition) is 1. The highest BCUT2D eigenvalue weighted by molar-refractivity contribution is 7.90. The first-order valence-electron chi connectivity index (χ1n) is 4.99. The maximum Gasteiger partial charge on any atom is 0.511 e. The van der Waals surface area contributed by atoms with E-state index in [1.165, 1.54) is 0 Å². The zero-order chi connectivity index (χ0) is 12.0. The Morgan fingerprint density at radius 2 is 2.12 bits per heavy atom. The third kappa shape index (κ3) is 1.98. The predicted octanol–water partition coefficient (Wildman–Crippen LogP) is 1.78. The first-order valence-corrected chi connectivity index (χ1v) is 6.48. The molecule has 2 aliphatic rings. The van der Waals surface area contributed by atoms with Crippen LogP contribution in [0, 0.1) is 11.3 Å². The monoisotopic (exact) mass is 255 g/mol. The number of allylic oxidation sites excluding steroid dienone is 1. The molecule has 16 heavy (non-hydrogen) atoms. The minimum Gasteiger partial charge on any atom is -0.207 e. The third-order valence-electron chi connectivity index (χ3n) is 3.32. The molecule has 3 nitrogen and oxygen atoms in total. The molecule has 2 aliphatic carbocycles. The van der Waals surface area contributed by atoms with Crippen LogP contribution >= 0.6 is 0 Å². The van der Waals surface area contributed by atoms with E-state index in [0.717, 1.165) is 19.3 Å². The van der Waals surface area contributed by atoms with Gasteiger partial charge in [0.25, 0.3) is 0 Å². The van der Waals surface area contributed by atoms with Crippen LogP contribution in [-0.2, 0) is 10.0 Å². The van der Waals surface area contributed by atoms with Gasteiger partial charge in [0.1, 0.15) is 0 Å². The number of fused-ring (bicyclic) bond motifs is 2. The Balaban J connectivity index is 2.01. The van der Waals surface area contributed by atoms with E-state index in [0.29, 0.717) is 5.92 Å². The molecule has 0 saturated heterocycles. The van der Waals surface area contributed by atoms with Crippen LogP contribution in [0.1, 0.15) is 19.3 Å².